The molecule has 0 saturated carbocycles. The highest BCUT2D eigenvalue weighted by Crippen LogP contribution is 2.29. The summed E-state index contributed by atoms with van der Waals surface area (Å²) in [6.07, 6.45) is 3.81. The van der Waals surface area contributed by atoms with Crippen LogP contribution in [0.3, 0.4) is 0 Å². The van der Waals surface area contributed by atoms with Gasteiger partial charge in [-0.05, 0) is 48.5 Å². The van der Waals surface area contributed by atoms with Crippen LogP contribution >= 0.6 is 0 Å². The second kappa shape index (κ2) is 8.47. The highest BCUT2D eigenvalue weighted by Gasteiger charge is 2.11. The maximum absolute atomic E-state index is 12.5. The Morgan fingerprint density at radius 3 is 2.52 bits per heavy atom. The molecule has 7 heteroatoms. The van der Waals surface area contributed by atoms with E-state index in [1.54, 1.807) is 30.5 Å². The van der Waals surface area contributed by atoms with E-state index in [0.29, 0.717) is 22.9 Å². The fourth-order valence-corrected chi connectivity index (χ4v) is 3.75. The molecule has 0 spiro atoms. The smallest absolute Gasteiger partial charge is 0.255 e. The average Bonchev–Trinajstić information content (AvgIpc) is 3.18. The largest absolute Gasteiger partial charge is 0.397 e. The summed E-state index contributed by atoms with van der Waals surface area (Å²) in [5.41, 5.74) is 11.3. The van der Waals surface area contributed by atoms with Crippen LogP contribution < -0.4 is 16.4 Å². The number of nitrogen functional groups attached to an aromatic ring is 1. The molecule has 0 saturated heterocycles. The third-order valence-electron chi connectivity index (χ3n) is 5.44. The molecule has 7 nitrogen and oxygen atoms in total. The number of fused-ring (bicyclic) bond motifs is 1. The van der Waals surface area contributed by atoms with Crippen LogP contribution in [0, 0.1) is 0 Å². The SMILES string of the molecule is Cn1cc(-c2ccnc(Nc3ccc(C(=O)Nc4ccccc4N)cc3)n2)c2ccccc21. The van der Waals surface area contributed by atoms with Crippen LogP contribution in [0.25, 0.3) is 22.2 Å². The van der Waals surface area contributed by atoms with Crippen molar-refractivity contribution < 1.29 is 4.79 Å². The first-order chi connectivity index (χ1) is 16.1. The van der Waals surface area contributed by atoms with Crippen molar-refractivity contribution in [3.05, 3.63) is 96.8 Å². The van der Waals surface area contributed by atoms with E-state index < -0.39 is 0 Å². The minimum Gasteiger partial charge on any atom is -0.397 e. The summed E-state index contributed by atoms with van der Waals surface area (Å²) in [6, 6.07) is 24.4. The van der Waals surface area contributed by atoms with Gasteiger partial charge in [-0.2, -0.15) is 0 Å². The number of hydrogen-bond donors (Lipinski definition) is 3. The van der Waals surface area contributed by atoms with E-state index in [1.165, 1.54) is 0 Å². The zero-order valence-corrected chi connectivity index (χ0v) is 18.0. The Morgan fingerprint density at radius 2 is 1.70 bits per heavy atom. The molecule has 2 aromatic heterocycles. The van der Waals surface area contributed by atoms with Crippen molar-refractivity contribution in [3.8, 4) is 11.3 Å². The van der Waals surface area contributed by atoms with Gasteiger partial charge in [0.1, 0.15) is 0 Å². The number of benzene rings is 3. The van der Waals surface area contributed by atoms with Crippen LogP contribution in [0.2, 0.25) is 0 Å². The van der Waals surface area contributed by atoms with Gasteiger partial charge in [0.25, 0.3) is 5.91 Å². The molecule has 3 aromatic carbocycles. The number of aryl methyl sites for hydroxylation is 1. The van der Waals surface area contributed by atoms with Crippen molar-refractivity contribution in [3.63, 3.8) is 0 Å². The Morgan fingerprint density at radius 1 is 0.939 bits per heavy atom. The van der Waals surface area contributed by atoms with Gasteiger partial charge in [-0.3, -0.25) is 4.79 Å². The van der Waals surface area contributed by atoms with Gasteiger partial charge < -0.3 is 20.9 Å². The van der Waals surface area contributed by atoms with Gasteiger partial charge in [-0.1, -0.05) is 30.3 Å². The van der Waals surface area contributed by atoms with Gasteiger partial charge >= 0.3 is 0 Å². The summed E-state index contributed by atoms with van der Waals surface area (Å²) in [4.78, 5) is 21.6. The van der Waals surface area contributed by atoms with Gasteiger partial charge in [0.15, 0.2) is 0 Å². The predicted molar refractivity (Wildman–Crippen MR) is 132 cm³/mol. The van der Waals surface area contributed by atoms with Gasteiger partial charge in [-0.25, -0.2) is 9.97 Å². The number of nitrogens with two attached hydrogens (primary N) is 1. The molecule has 0 aliphatic rings. The second-order valence-electron chi connectivity index (χ2n) is 7.68. The third kappa shape index (κ3) is 4.12. The normalized spacial score (nSPS) is 10.8. The predicted octanol–water partition coefficient (Wildman–Crippen LogP) is 5.21. The quantitative estimate of drug-likeness (QED) is 0.330. The number of amides is 1. The summed E-state index contributed by atoms with van der Waals surface area (Å²) in [5.74, 6) is 0.253. The van der Waals surface area contributed by atoms with Crippen molar-refractivity contribution in [1.82, 2.24) is 14.5 Å². The highest BCUT2D eigenvalue weighted by molar-refractivity contribution is 6.05. The van der Waals surface area contributed by atoms with Crippen LogP contribution in [0.5, 0.6) is 0 Å². The summed E-state index contributed by atoms with van der Waals surface area (Å²) >= 11 is 0. The highest BCUT2D eigenvalue weighted by atomic mass is 16.1. The lowest BCUT2D eigenvalue weighted by molar-refractivity contribution is 0.102. The first kappa shape index (κ1) is 20.3. The molecular formula is C26H22N6O. The number of nitrogens with zero attached hydrogens (tertiary/aromatic N) is 3. The van der Waals surface area contributed by atoms with Crippen molar-refractivity contribution in [2.45, 2.75) is 0 Å². The lowest BCUT2D eigenvalue weighted by atomic mass is 10.1. The maximum Gasteiger partial charge on any atom is 0.255 e. The summed E-state index contributed by atoms with van der Waals surface area (Å²) in [5, 5.41) is 7.18. The number of carbonyl (C=O) groups excluding carboxylic acids is 1. The monoisotopic (exact) mass is 434 g/mol. The van der Waals surface area contributed by atoms with Crippen molar-refractivity contribution in [2.24, 2.45) is 7.05 Å². The van der Waals surface area contributed by atoms with Gasteiger partial charge in [-0.15, -0.1) is 0 Å². The molecule has 0 unspecified atom stereocenters. The molecule has 0 aliphatic carbocycles. The third-order valence-corrected chi connectivity index (χ3v) is 5.44. The molecule has 4 N–H and O–H groups in total. The van der Waals surface area contributed by atoms with Gasteiger partial charge in [0.2, 0.25) is 5.95 Å². The molecule has 5 rings (SSSR count). The fourth-order valence-electron chi connectivity index (χ4n) is 3.75. The molecule has 0 fully saturated rings. The maximum atomic E-state index is 12.5. The zero-order valence-electron chi connectivity index (χ0n) is 18.0. The number of anilines is 4. The molecule has 162 valence electrons. The number of rotatable bonds is 5. The Balaban J connectivity index is 1.34. The number of aromatic nitrogens is 3. The molecule has 33 heavy (non-hydrogen) atoms. The summed E-state index contributed by atoms with van der Waals surface area (Å²) in [6.45, 7) is 0. The summed E-state index contributed by atoms with van der Waals surface area (Å²) in [7, 11) is 2.02. The van der Waals surface area contributed by atoms with Crippen molar-refractivity contribution in [2.75, 3.05) is 16.4 Å². The summed E-state index contributed by atoms with van der Waals surface area (Å²) < 4.78 is 2.09. The zero-order chi connectivity index (χ0) is 22.8. The topological polar surface area (TPSA) is 97.9 Å². The molecule has 2 heterocycles. The van der Waals surface area contributed by atoms with E-state index in [-0.39, 0.29) is 5.91 Å². The molecule has 0 aliphatic heterocycles. The van der Waals surface area contributed by atoms with E-state index in [4.69, 9.17) is 10.7 Å². The lowest BCUT2D eigenvalue weighted by Crippen LogP contribution is -2.13. The van der Waals surface area contributed by atoms with E-state index in [0.717, 1.165) is 27.8 Å². The van der Waals surface area contributed by atoms with Crippen LogP contribution in [-0.4, -0.2) is 20.4 Å². The number of nitrogens with one attached hydrogen (secondary N) is 2. The van der Waals surface area contributed by atoms with E-state index in [1.807, 2.05) is 49.5 Å². The van der Waals surface area contributed by atoms with Crippen LogP contribution in [0.15, 0.2) is 91.3 Å². The minimum atomic E-state index is -0.228. The standard InChI is InChI=1S/C26H22N6O/c1-32-16-20(19-6-2-5-9-24(19)32)22-14-15-28-26(31-22)29-18-12-10-17(11-13-18)25(33)30-23-8-4-3-7-21(23)27/h2-16H,27H2,1H3,(H,30,33)(H,28,29,31). The molecule has 1 amide bonds. The Hall–Kier alpha value is -4.65. The Labute approximate surface area is 190 Å². The number of carbonyl (C=O) groups is 1. The number of para-hydroxylation sites is 3. The van der Waals surface area contributed by atoms with Gasteiger partial charge in [0, 0.05) is 47.2 Å². The molecule has 0 atom stereocenters. The fraction of sp³-hybridized carbons (Fsp3) is 0.0385. The Bertz CT molecular complexity index is 1460. The molecular weight excluding hydrogens is 412 g/mol. The first-order valence-corrected chi connectivity index (χ1v) is 10.5. The van der Waals surface area contributed by atoms with E-state index >= 15 is 0 Å². The van der Waals surface area contributed by atoms with E-state index in [2.05, 4.69) is 38.5 Å². The average molecular weight is 435 g/mol. The van der Waals surface area contributed by atoms with Gasteiger partial charge in [0.05, 0.1) is 17.1 Å². The second-order valence-corrected chi connectivity index (χ2v) is 7.68. The number of hydrogen-bond acceptors (Lipinski definition) is 5. The van der Waals surface area contributed by atoms with Crippen LogP contribution in [-0.2, 0) is 7.05 Å². The molecule has 0 bridgehead atoms. The van der Waals surface area contributed by atoms with Crippen LogP contribution in [0.1, 0.15) is 10.4 Å². The van der Waals surface area contributed by atoms with Crippen molar-refractivity contribution in [1.29, 1.82) is 0 Å². The Kier molecular flexibility index (Phi) is 5.20. The minimum absolute atomic E-state index is 0.228. The lowest BCUT2D eigenvalue weighted by Gasteiger charge is -2.09. The molecule has 5 aromatic rings. The van der Waals surface area contributed by atoms with Crippen LogP contribution in [0.4, 0.5) is 23.0 Å². The van der Waals surface area contributed by atoms with Crippen molar-refractivity contribution >= 4 is 39.8 Å². The first-order valence-electron chi connectivity index (χ1n) is 10.5. The molecule has 0 radical (unpaired) electrons. The van der Waals surface area contributed by atoms with E-state index in [9.17, 15) is 4.79 Å².